The van der Waals surface area contributed by atoms with Crippen LogP contribution in [-0.2, 0) is 9.53 Å². The van der Waals surface area contributed by atoms with Crippen molar-refractivity contribution in [1.82, 2.24) is 0 Å². The smallest absolute Gasteiger partial charge is 0.161 e. The van der Waals surface area contributed by atoms with Crippen molar-refractivity contribution in [3.05, 3.63) is 0 Å². The van der Waals surface area contributed by atoms with Crippen molar-refractivity contribution in [3.8, 4) is 0 Å². The number of rotatable bonds is 10. The normalized spacial score (nSPS) is 27.7. The van der Waals surface area contributed by atoms with Crippen molar-refractivity contribution in [3.63, 3.8) is 0 Å². The lowest BCUT2D eigenvalue weighted by Crippen LogP contribution is -2.36. The maximum atomic E-state index is 12.4. The molecule has 0 saturated heterocycles. The standard InChI is InChI=1S/C18H34O2/c1-5-6-7-8-9-10-11-16(19)18(20-4)17-14(2)12-13-15(17)3/h14-15,17-18H,5-13H2,1-4H3. The molecule has 20 heavy (non-hydrogen) atoms. The van der Waals surface area contributed by atoms with E-state index in [4.69, 9.17) is 4.74 Å². The van der Waals surface area contributed by atoms with Crippen molar-refractivity contribution in [2.75, 3.05) is 7.11 Å². The van der Waals surface area contributed by atoms with E-state index in [1.165, 1.54) is 44.9 Å². The number of carbonyl (C=O) groups is 1. The van der Waals surface area contributed by atoms with E-state index in [1.54, 1.807) is 7.11 Å². The number of hydrogen-bond donors (Lipinski definition) is 0. The Labute approximate surface area is 125 Å². The van der Waals surface area contributed by atoms with Gasteiger partial charge in [0.25, 0.3) is 0 Å². The molecule has 0 amide bonds. The first kappa shape index (κ1) is 17.7. The van der Waals surface area contributed by atoms with Gasteiger partial charge in [-0.2, -0.15) is 0 Å². The molecule has 0 N–H and O–H groups in total. The monoisotopic (exact) mass is 282 g/mol. The van der Waals surface area contributed by atoms with Crippen LogP contribution in [0.2, 0.25) is 0 Å². The Bertz CT molecular complexity index is 265. The van der Waals surface area contributed by atoms with Gasteiger partial charge in [0, 0.05) is 13.5 Å². The maximum absolute atomic E-state index is 12.4. The van der Waals surface area contributed by atoms with E-state index in [1.807, 2.05) is 0 Å². The fourth-order valence-corrected chi connectivity index (χ4v) is 3.79. The summed E-state index contributed by atoms with van der Waals surface area (Å²) in [7, 11) is 1.71. The van der Waals surface area contributed by atoms with Gasteiger partial charge in [0.1, 0.15) is 6.10 Å². The second-order valence-corrected chi connectivity index (χ2v) is 6.75. The zero-order valence-corrected chi connectivity index (χ0v) is 14.0. The van der Waals surface area contributed by atoms with Crippen LogP contribution in [0, 0.1) is 17.8 Å². The van der Waals surface area contributed by atoms with Crippen molar-refractivity contribution < 1.29 is 9.53 Å². The van der Waals surface area contributed by atoms with E-state index in [9.17, 15) is 4.79 Å². The lowest BCUT2D eigenvalue weighted by Gasteiger charge is -2.28. The predicted octanol–water partition coefficient (Wildman–Crippen LogP) is 5.00. The zero-order valence-electron chi connectivity index (χ0n) is 14.0. The minimum Gasteiger partial charge on any atom is -0.373 e. The lowest BCUT2D eigenvalue weighted by molar-refractivity contribution is -0.134. The Morgan fingerprint density at radius 1 is 1.05 bits per heavy atom. The summed E-state index contributed by atoms with van der Waals surface area (Å²) in [4.78, 5) is 12.4. The van der Waals surface area contributed by atoms with Crippen LogP contribution in [0.5, 0.6) is 0 Å². The lowest BCUT2D eigenvalue weighted by atomic mass is 9.83. The highest BCUT2D eigenvalue weighted by Gasteiger charge is 2.39. The largest absolute Gasteiger partial charge is 0.373 e. The quantitative estimate of drug-likeness (QED) is 0.527. The average molecular weight is 282 g/mol. The molecule has 0 spiro atoms. The van der Waals surface area contributed by atoms with Crippen LogP contribution >= 0.6 is 0 Å². The number of ketones is 1. The van der Waals surface area contributed by atoms with E-state index in [2.05, 4.69) is 20.8 Å². The van der Waals surface area contributed by atoms with Gasteiger partial charge in [0.05, 0.1) is 0 Å². The molecule has 3 atom stereocenters. The maximum Gasteiger partial charge on any atom is 0.161 e. The van der Waals surface area contributed by atoms with Gasteiger partial charge >= 0.3 is 0 Å². The van der Waals surface area contributed by atoms with Gasteiger partial charge in [0.15, 0.2) is 5.78 Å². The first-order valence-corrected chi connectivity index (χ1v) is 8.67. The third-order valence-corrected chi connectivity index (χ3v) is 5.09. The summed E-state index contributed by atoms with van der Waals surface area (Å²) in [6.45, 7) is 6.78. The minimum absolute atomic E-state index is 0.154. The van der Waals surface area contributed by atoms with Crippen LogP contribution < -0.4 is 0 Å². The first-order chi connectivity index (χ1) is 9.61. The molecule has 1 aliphatic carbocycles. The molecule has 0 aliphatic heterocycles. The molecule has 3 unspecified atom stereocenters. The molecule has 2 heteroatoms. The van der Waals surface area contributed by atoms with Crippen molar-refractivity contribution in [2.24, 2.45) is 17.8 Å². The van der Waals surface area contributed by atoms with Crippen molar-refractivity contribution in [2.45, 2.75) is 84.7 Å². The van der Waals surface area contributed by atoms with Crippen LogP contribution in [0.3, 0.4) is 0 Å². The Balaban J connectivity index is 2.32. The fraction of sp³-hybridized carbons (Fsp3) is 0.944. The zero-order chi connectivity index (χ0) is 15.0. The van der Waals surface area contributed by atoms with Gasteiger partial charge in [0.2, 0.25) is 0 Å². The SMILES string of the molecule is CCCCCCCCC(=O)C(OC)C1C(C)CCC1C. The second-order valence-electron chi connectivity index (χ2n) is 6.75. The topological polar surface area (TPSA) is 26.3 Å². The van der Waals surface area contributed by atoms with Crippen LogP contribution in [0.4, 0.5) is 0 Å². The van der Waals surface area contributed by atoms with Gasteiger partial charge in [-0.15, -0.1) is 0 Å². The van der Waals surface area contributed by atoms with E-state index in [-0.39, 0.29) is 6.10 Å². The molecule has 0 aromatic heterocycles. The number of carbonyl (C=O) groups excluding carboxylic acids is 1. The molecule has 2 nitrogen and oxygen atoms in total. The molecule has 1 fully saturated rings. The summed E-state index contributed by atoms with van der Waals surface area (Å²) in [5.74, 6) is 2.04. The van der Waals surface area contributed by atoms with Crippen LogP contribution in [0.25, 0.3) is 0 Å². The molecule has 0 radical (unpaired) electrons. The molecule has 0 aromatic carbocycles. The molecule has 118 valence electrons. The first-order valence-electron chi connectivity index (χ1n) is 8.67. The minimum atomic E-state index is -0.154. The van der Waals surface area contributed by atoms with Crippen LogP contribution in [-0.4, -0.2) is 19.0 Å². The van der Waals surface area contributed by atoms with Gasteiger partial charge in [-0.3, -0.25) is 4.79 Å². The Morgan fingerprint density at radius 2 is 1.60 bits per heavy atom. The van der Waals surface area contributed by atoms with E-state index < -0.39 is 0 Å². The van der Waals surface area contributed by atoms with Crippen LogP contribution in [0.1, 0.15) is 78.6 Å². The van der Waals surface area contributed by atoms with Crippen LogP contribution in [0.15, 0.2) is 0 Å². The van der Waals surface area contributed by atoms with Gasteiger partial charge in [-0.1, -0.05) is 65.7 Å². The summed E-state index contributed by atoms with van der Waals surface area (Å²) in [6, 6.07) is 0. The van der Waals surface area contributed by atoms with Crippen molar-refractivity contribution in [1.29, 1.82) is 0 Å². The highest BCUT2D eigenvalue weighted by Crippen LogP contribution is 2.40. The summed E-state index contributed by atoms with van der Waals surface area (Å²) in [5.41, 5.74) is 0. The highest BCUT2D eigenvalue weighted by atomic mass is 16.5. The van der Waals surface area contributed by atoms with E-state index in [0.717, 1.165) is 6.42 Å². The highest BCUT2D eigenvalue weighted by molar-refractivity contribution is 5.83. The number of hydrogen-bond acceptors (Lipinski definition) is 2. The summed E-state index contributed by atoms with van der Waals surface area (Å²) in [5, 5.41) is 0. The summed E-state index contributed by atoms with van der Waals surface area (Å²) in [6.07, 6.45) is 10.5. The molecule has 0 bridgehead atoms. The third kappa shape index (κ3) is 5.20. The number of methoxy groups -OCH3 is 1. The average Bonchev–Trinajstić information content (AvgIpc) is 2.76. The number of ether oxygens (including phenoxy) is 1. The van der Waals surface area contributed by atoms with E-state index >= 15 is 0 Å². The summed E-state index contributed by atoms with van der Waals surface area (Å²) < 4.78 is 5.58. The molecule has 1 saturated carbocycles. The summed E-state index contributed by atoms with van der Waals surface area (Å²) >= 11 is 0. The fourth-order valence-electron chi connectivity index (χ4n) is 3.79. The van der Waals surface area contributed by atoms with Crippen molar-refractivity contribution >= 4 is 5.78 Å². The van der Waals surface area contributed by atoms with Gasteiger partial charge in [-0.05, 0) is 24.2 Å². The predicted molar refractivity (Wildman–Crippen MR) is 84.8 cm³/mol. The molecular weight excluding hydrogens is 248 g/mol. The van der Waals surface area contributed by atoms with Gasteiger partial charge < -0.3 is 4.74 Å². The number of Topliss-reactive ketones (excluding diaryl/α,β-unsaturated/α-hetero) is 1. The Kier molecular flexibility index (Phi) is 8.44. The Hall–Kier alpha value is -0.370. The molecule has 1 rings (SSSR count). The van der Waals surface area contributed by atoms with Gasteiger partial charge in [-0.25, -0.2) is 0 Å². The molecular formula is C18H34O2. The number of unbranched alkanes of at least 4 members (excludes halogenated alkanes) is 5. The molecule has 0 aromatic rings. The van der Waals surface area contributed by atoms with E-state index in [0.29, 0.717) is 30.0 Å². The Morgan fingerprint density at radius 3 is 2.15 bits per heavy atom. The molecule has 1 aliphatic rings. The molecule has 0 heterocycles. The second kappa shape index (κ2) is 9.55. The third-order valence-electron chi connectivity index (χ3n) is 5.09.